The summed E-state index contributed by atoms with van der Waals surface area (Å²) in [5, 5.41) is 0. The van der Waals surface area contributed by atoms with Crippen LogP contribution in [0.4, 0.5) is 0 Å². The van der Waals surface area contributed by atoms with Crippen molar-refractivity contribution in [1.29, 1.82) is 0 Å². The average molecular weight is 342 g/mol. The van der Waals surface area contributed by atoms with E-state index >= 15 is 0 Å². The standard InChI is InChI=1S/C24H22O2/c1-17-18(2)20-10-6-12-24(14-20)26-16-22-8-4-3-7-21(22)15-25-23-11-5-9-19(17)13-23/h3-14H,15-16H2,1-2H3/b18-17-. The van der Waals surface area contributed by atoms with Crippen LogP contribution in [0.3, 0.4) is 0 Å². The first kappa shape index (κ1) is 16.5. The summed E-state index contributed by atoms with van der Waals surface area (Å²) < 4.78 is 12.1. The summed E-state index contributed by atoms with van der Waals surface area (Å²) in [6.07, 6.45) is 0. The van der Waals surface area contributed by atoms with Gasteiger partial charge in [0.1, 0.15) is 24.7 Å². The first-order valence-electron chi connectivity index (χ1n) is 8.91. The molecule has 130 valence electrons. The van der Waals surface area contributed by atoms with Crippen molar-refractivity contribution in [1.82, 2.24) is 0 Å². The third-order valence-electron chi connectivity index (χ3n) is 5.00. The second-order valence-electron chi connectivity index (χ2n) is 6.65. The smallest absolute Gasteiger partial charge is 0.120 e. The summed E-state index contributed by atoms with van der Waals surface area (Å²) in [4.78, 5) is 0. The molecule has 0 saturated heterocycles. The van der Waals surface area contributed by atoms with Gasteiger partial charge in [-0.15, -0.1) is 0 Å². The van der Waals surface area contributed by atoms with Gasteiger partial charge in [0.15, 0.2) is 0 Å². The van der Waals surface area contributed by atoms with Gasteiger partial charge in [0.05, 0.1) is 0 Å². The fourth-order valence-corrected chi connectivity index (χ4v) is 3.23. The molecule has 4 rings (SSSR count). The number of hydrogen-bond acceptors (Lipinski definition) is 2. The third kappa shape index (κ3) is 3.36. The minimum absolute atomic E-state index is 0.533. The van der Waals surface area contributed by atoms with Crippen molar-refractivity contribution in [3.8, 4) is 11.5 Å². The van der Waals surface area contributed by atoms with E-state index in [9.17, 15) is 0 Å². The first-order chi connectivity index (χ1) is 12.7. The molecule has 3 aromatic rings. The average Bonchev–Trinajstić information content (AvgIpc) is 2.70. The lowest BCUT2D eigenvalue weighted by atomic mass is 9.97. The zero-order chi connectivity index (χ0) is 17.9. The van der Waals surface area contributed by atoms with Crippen molar-refractivity contribution in [2.45, 2.75) is 27.1 Å². The van der Waals surface area contributed by atoms with Crippen LogP contribution in [0.2, 0.25) is 0 Å². The van der Waals surface area contributed by atoms with Gasteiger partial charge in [-0.05, 0) is 71.5 Å². The van der Waals surface area contributed by atoms with Gasteiger partial charge in [0.25, 0.3) is 0 Å². The molecule has 1 aliphatic heterocycles. The molecule has 4 bridgehead atoms. The maximum absolute atomic E-state index is 6.07. The van der Waals surface area contributed by atoms with E-state index in [1.807, 2.05) is 24.3 Å². The summed E-state index contributed by atoms with van der Waals surface area (Å²) >= 11 is 0. The van der Waals surface area contributed by atoms with Crippen molar-refractivity contribution >= 4 is 11.1 Å². The Kier molecular flexibility index (Phi) is 4.49. The molecule has 1 heterocycles. The van der Waals surface area contributed by atoms with E-state index in [2.05, 4.69) is 62.4 Å². The molecular formula is C24H22O2. The van der Waals surface area contributed by atoms with E-state index in [-0.39, 0.29) is 0 Å². The van der Waals surface area contributed by atoms with Crippen LogP contribution in [0.15, 0.2) is 72.8 Å². The Hall–Kier alpha value is -3.00. The molecule has 0 radical (unpaired) electrons. The monoisotopic (exact) mass is 342 g/mol. The molecule has 0 aliphatic carbocycles. The van der Waals surface area contributed by atoms with Crippen molar-refractivity contribution in [2.75, 3.05) is 0 Å². The molecule has 0 atom stereocenters. The number of ether oxygens (including phenoxy) is 2. The maximum atomic E-state index is 6.07. The summed E-state index contributed by atoms with van der Waals surface area (Å²) in [6, 6.07) is 24.9. The Morgan fingerprint density at radius 3 is 1.50 bits per heavy atom. The van der Waals surface area contributed by atoms with Gasteiger partial charge in [-0.2, -0.15) is 0 Å². The predicted molar refractivity (Wildman–Crippen MR) is 106 cm³/mol. The fraction of sp³-hybridized carbons (Fsp3) is 0.167. The first-order valence-corrected chi connectivity index (χ1v) is 8.91. The van der Waals surface area contributed by atoms with Gasteiger partial charge in [-0.3, -0.25) is 0 Å². The van der Waals surface area contributed by atoms with E-state index < -0.39 is 0 Å². The zero-order valence-electron chi connectivity index (χ0n) is 15.2. The van der Waals surface area contributed by atoms with Crippen molar-refractivity contribution in [2.24, 2.45) is 0 Å². The van der Waals surface area contributed by atoms with Gasteiger partial charge in [0.2, 0.25) is 0 Å². The van der Waals surface area contributed by atoms with Gasteiger partial charge >= 0.3 is 0 Å². The van der Waals surface area contributed by atoms with Gasteiger partial charge in [-0.25, -0.2) is 0 Å². The van der Waals surface area contributed by atoms with Crippen LogP contribution in [-0.2, 0) is 13.2 Å². The van der Waals surface area contributed by atoms with Crippen LogP contribution in [0.1, 0.15) is 36.1 Å². The van der Waals surface area contributed by atoms with Gasteiger partial charge in [0, 0.05) is 0 Å². The largest absolute Gasteiger partial charge is 0.489 e. The quantitative estimate of drug-likeness (QED) is 0.491. The topological polar surface area (TPSA) is 18.5 Å². The molecule has 0 unspecified atom stereocenters. The molecule has 0 amide bonds. The predicted octanol–water partition coefficient (Wildman–Crippen LogP) is 6.11. The summed E-state index contributed by atoms with van der Waals surface area (Å²) in [5.74, 6) is 1.77. The highest BCUT2D eigenvalue weighted by Crippen LogP contribution is 2.30. The lowest BCUT2D eigenvalue weighted by Crippen LogP contribution is -2.04. The molecule has 3 aromatic carbocycles. The maximum Gasteiger partial charge on any atom is 0.120 e. The van der Waals surface area contributed by atoms with Crippen LogP contribution in [0, 0.1) is 0 Å². The fourth-order valence-electron chi connectivity index (χ4n) is 3.23. The van der Waals surface area contributed by atoms with Gasteiger partial charge in [-0.1, -0.05) is 48.5 Å². The van der Waals surface area contributed by atoms with E-state index in [1.165, 1.54) is 22.3 Å². The molecule has 26 heavy (non-hydrogen) atoms. The van der Waals surface area contributed by atoms with Crippen molar-refractivity contribution in [3.63, 3.8) is 0 Å². The molecule has 0 fully saturated rings. The second-order valence-corrected chi connectivity index (χ2v) is 6.65. The molecule has 1 aliphatic rings. The Morgan fingerprint density at radius 2 is 1.04 bits per heavy atom. The van der Waals surface area contributed by atoms with E-state index in [0.29, 0.717) is 13.2 Å². The summed E-state index contributed by atoms with van der Waals surface area (Å²) in [6.45, 7) is 5.38. The number of allylic oxidation sites excluding steroid dienone is 2. The zero-order valence-corrected chi connectivity index (χ0v) is 15.2. The van der Waals surface area contributed by atoms with E-state index in [4.69, 9.17) is 9.47 Å². The normalized spacial score (nSPS) is 16.7. The van der Waals surface area contributed by atoms with Crippen LogP contribution >= 0.6 is 0 Å². The van der Waals surface area contributed by atoms with Crippen LogP contribution < -0.4 is 9.47 Å². The molecule has 0 aromatic heterocycles. The van der Waals surface area contributed by atoms with E-state index in [1.54, 1.807) is 0 Å². The SMILES string of the molecule is C/C1=C(\C)c2cccc(c2)OCc2ccccc2COc2cccc1c2. The Balaban J connectivity index is 1.84. The number of fused-ring (bicyclic) bond motifs is 5. The van der Waals surface area contributed by atoms with E-state index in [0.717, 1.165) is 22.6 Å². The summed E-state index contributed by atoms with van der Waals surface area (Å²) in [7, 11) is 0. The highest BCUT2D eigenvalue weighted by atomic mass is 16.5. The minimum atomic E-state index is 0.533. The lowest BCUT2D eigenvalue weighted by Gasteiger charge is -2.16. The molecule has 2 nitrogen and oxygen atoms in total. The molecule has 2 heteroatoms. The number of hydrogen-bond donors (Lipinski definition) is 0. The third-order valence-corrected chi connectivity index (χ3v) is 5.00. The molecule has 0 saturated carbocycles. The molecular weight excluding hydrogens is 320 g/mol. The summed E-state index contributed by atoms with van der Waals surface area (Å²) in [5.41, 5.74) is 7.13. The van der Waals surface area contributed by atoms with Gasteiger partial charge < -0.3 is 9.47 Å². The number of benzene rings is 3. The Morgan fingerprint density at radius 1 is 0.577 bits per heavy atom. The highest BCUT2D eigenvalue weighted by Gasteiger charge is 2.09. The molecule has 0 N–H and O–H groups in total. The Labute approximate surface area is 154 Å². The van der Waals surface area contributed by atoms with Crippen molar-refractivity contribution < 1.29 is 9.47 Å². The highest BCUT2D eigenvalue weighted by molar-refractivity contribution is 5.89. The van der Waals surface area contributed by atoms with Crippen LogP contribution in [0.5, 0.6) is 11.5 Å². The second kappa shape index (κ2) is 7.09. The van der Waals surface area contributed by atoms with Crippen LogP contribution in [0.25, 0.3) is 11.1 Å². The number of rotatable bonds is 0. The van der Waals surface area contributed by atoms with Crippen molar-refractivity contribution in [3.05, 3.63) is 95.1 Å². The minimum Gasteiger partial charge on any atom is -0.489 e. The lowest BCUT2D eigenvalue weighted by molar-refractivity contribution is 0.285. The van der Waals surface area contributed by atoms with Crippen LogP contribution in [-0.4, -0.2) is 0 Å². The molecule has 0 spiro atoms. The Bertz CT molecular complexity index is 891.